The second-order valence-electron chi connectivity index (χ2n) is 2.63. The lowest BCUT2D eigenvalue weighted by Crippen LogP contribution is -2.25. The quantitative estimate of drug-likeness (QED) is 0.594. The summed E-state index contributed by atoms with van der Waals surface area (Å²) >= 11 is 0. The van der Waals surface area contributed by atoms with Crippen molar-refractivity contribution in [2.45, 2.75) is 25.7 Å². The maximum atomic E-state index is 11.9. The number of hydrogen-bond donors (Lipinski definition) is 0. The first-order chi connectivity index (χ1) is 4.71. The van der Waals surface area contributed by atoms with Gasteiger partial charge in [0.15, 0.2) is 0 Å². The monoisotopic (exact) mass is 174 g/mol. The summed E-state index contributed by atoms with van der Waals surface area (Å²) in [5.74, 6) is -6.07. The lowest BCUT2D eigenvalue weighted by molar-refractivity contribution is -0.114. The lowest BCUT2D eigenvalue weighted by Gasteiger charge is -2.13. The van der Waals surface area contributed by atoms with Crippen molar-refractivity contribution in [2.75, 3.05) is 13.2 Å². The smallest absolute Gasteiger partial charge is 0.268 e. The van der Waals surface area contributed by atoms with Gasteiger partial charge in [0.25, 0.3) is 11.8 Å². The van der Waals surface area contributed by atoms with Crippen LogP contribution in [0, 0.1) is 0 Å². The zero-order valence-corrected chi connectivity index (χ0v) is 6.33. The maximum absolute atomic E-state index is 11.9. The molecule has 0 aromatic heterocycles. The van der Waals surface area contributed by atoms with Gasteiger partial charge in [0.2, 0.25) is 0 Å². The number of halogens is 4. The van der Waals surface area contributed by atoms with E-state index in [0.29, 0.717) is 13.8 Å². The van der Waals surface area contributed by atoms with E-state index in [1.54, 1.807) is 0 Å². The van der Waals surface area contributed by atoms with Gasteiger partial charge in [-0.2, -0.15) is 0 Å². The van der Waals surface area contributed by atoms with Crippen molar-refractivity contribution < 1.29 is 22.3 Å². The summed E-state index contributed by atoms with van der Waals surface area (Å²) in [5, 5.41) is 0. The van der Waals surface area contributed by atoms with E-state index >= 15 is 0 Å². The lowest BCUT2D eigenvalue weighted by atomic mass is 10.4. The number of rotatable bonds is 4. The minimum atomic E-state index is -3.04. The van der Waals surface area contributed by atoms with Gasteiger partial charge < -0.3 is 4.74 Å². The second-order valence-corrected chi connectivity index (χ2v) is 2.63. The average molecular weight is 174 g/mol. The van der Waals surface area contributed by atoms with E-state index in [1.165, 1.54) is 0 Å². The molecular weight excluding hydrogens is 164 g/mol. The predicted molar refractivity (Wildman–Crippen MR) is 32.1 cm³/mol. The van der Waals surface area contributed by atoms with E-state index < -0.39 is 25.1 Å². The van der Waals surface area contributed by atoms with Crippen LogP contribution in [0.15, 0.2) is 0 Å². The topological polar surface area (TPSA) is 9.23 Å². The van der Waals surface area contributed by atoms with E-state index in [9.17, 15) is 17.6 Å². The Balaban J connectivity index is 3.44. The minimum absolute atomic E-state index is 0.612. The largest absolute Gasteiger partial charge is 0.369 e. The summed E-state index contributed by atoms with van der Waals surface area (Å²) in [7, 11) is 0. The first kappa shape index (κ1) is 10.7. The first-order valence-corrected chi connectivity index (χ1v) is 3.04. The van der Waals surface area contributed by atoms with Crippen LogP contribution in [0.4, 0.5) is 17.6 Å². The Morgan fingerprint density at radius 3 is 1.36 bits per heavy atom. The van der Waals surface area contributed by atoms with E-state index in [0.717, 1.165) is 0 Å². The molecule has 0 spiro atoms. The fraction of sp³-hybridized carbons (Fsp3) is 1.00. The van der Waals surface area contributed by atoms with Crippen LogP contribution in [-0.4, -0.2) is 25.1 Å². The Morgan fingerprint density at radius 2 is 1.18 bits per heavy atom. The average Bonchev–Trinajstić information content (AvgIpc) is 1.55. The summed E-state index contributed by atoms with van der Waals surface area (Å²) in [4.78, 5) is 0. The van der Waals surface area contributed by atoms with Gasteiger partial charge in [0.05, 0.1) is 0 Å². The van der Waals surface area contributed by atoms with Gasteiger partial charge >= 0.3 is 0 Å². The molecule has 0 saturated carbocycles. The van der Waals surface area contributed by atoms with Gasteiger partial charge in [-0.05, 0) is 0 Å². The fourth-order valence-electron chi connectivity index (χ4n) is 0.409. The van der Waals surface area contributed by atoms with Crippen LogP contribution in [-0.2, 0) is 4.74 Å². The van der Waals surface area contributed by atoms with Crippen molar-refractivity contribution in [3.8, 4) is 0 Å². The SMILES string of the molecule is CC(F)(F)COCC(C)(F)F. The van der Waals surface area contributed by atoms with Crippen LogP contribution in [0.2, 0.25) is 0 Å². The molecule has 0 fully saturated rings. The molecule has 0 aromatic rings. The summed E-state index contributed by atoms with van der Waals surface area (Å²) in [6.07, 6.45) is 0. The molecule has 0 amide bonds. The van der Waals surface area contributed by atoms with Gasteiger partial charge in [0, 0.05) is 13.8 Å². The van der Waals surface area contributed by atoms with Crippen LogP contribution in [0.3, 0.4) is 0 Å². The molecule has 0 aliphatic heterocycles. The Morgan fingerprint density at radius 1 is 0.909 bits per heavy atom. The number of alkyl halides is 4. The Kier molecular flexibility index (Phi) is 3.29. The summed E-state index contributed by atoms with van der Waals surface area (Å²) in [6.45, 7) is -0.700. The van der Waals surface area contributed by atoms with Gasteiger partial charge in [0.1, 0.15) is 13.2 Å². The predicted octanol–water partition coefficient (Wildman–Crippen LogP) is 2.31. The molecule has 0 aliphatic carbocycles. The van der Waals surface area contributed by atoms with Crippen molar-refractivity contribution in [1.82, 2.24) is 0 Å². The van der Waals surface area contributed by atoms with Crippen LogP contribution in [0.25, 0.3) is 0 Å². The highest BCUT2D eigenvalue weighted by Crippen LogP contribution is 2.15. The molecule has 0 unspecified atom stereocenters. The van der Waals surface area contributed by atoms with E-state index in [2.05, 4.69) is 4.74 Å². The molecule has 0 aromatic carbocycles. The molecule has 5 heteroatoms. The molecule has 0 radical (unpaired) electrons. The van der Waals surface area contributed by atoms with Gasteiger partial charge in [-0.3, -0.25) is 0 Å². The van der Waals surface area contributed by atoms with Crippen molar-refractivity contribution in [2.24, 2.45) is 0 Å². The van der Waals surface area contributed by atoms with Gasteiger partial charge in [-0.15, -0.1) is 0 Å². The third-order valence-electron chi connectivity index (χ3n) is 0.711. The van der Waals surface area contributed by atoms with Crippen LogP contribution in [0.1, 0.15) is 13.8 Å². The Bertz CT molecular complexity index is 98.7. The molecule has 68 valence electrons. The second kappa shape index (κ2) is 3.38. The van der Waals surface area contributed by atoms with Crippen molar-refractivity contribution in [3.63, 3.8) is 0 Å². The molecule has 0 rings (SSSR count). The van der Waals surface area contributed by atoms with Gasteiger partial charge in [-0.1, -0.05) is 0 Å². The van der Waals surface area contributed by atoms with Crippen molar-refractivity contribution in [1.29, 1.82) is 0 Å². The third-order valence-corrected chi connectivity index (χ3v) is 0.711. The van der Waals surface area contributed by atoms with Gasteiger partial charge in [-0.25, -0.2) is 17.6 Å². The molecule has 0 N–H and O–H groups in total. The van der Waals surface area contributed by atoms with Crippen molar-refractivity contribution in [3.05, 3.63) is 0 Å². The van der Waals surface area contributed by atoms with E-state index in [-0.39, 0.29) is 0 Å². The molecule has 0 aliphatic rings. The van der Waals surface area contributed by atoms with Crippen molar-refractivity contribution >= 4 is 0 Å². The maximum Gasteiger partial charge on any atom is 0.268 e. The first-order valence-electron chi connectivity index (χ1n) is 3.04. The molecular formula is C6H10F4O. The molecule has 11 heavy (non-hydrogen) atoms. The van der Waals surface area contributed by atoms with E-state index in [4.69, 9.17) is 0 Å². The Labute approximate surface area is 62.3 Å². The zero-order valence-electron chi connectivity index (χ0n) is 6.33. The molecule has 0 heterocycles. The number of ether oxygens (including phenoxy) is 1. The normalized spacial score (nSPS) is 13.6. The molecule has 0 saturated heterocycles. The molecule has 1 nitrogen and oxygen atoms in total. The van der Waals surface area contributed by atoms with E-state index in [1.807, 2.05) is 0 Å². The standard InChI is InChI=1S/C6H10F4O/c1-5(7,8)3-11-4-6(2,9)10/h3-4H2,1-2H3. The highest BCUT2D eigenvalue weighted by Gasteiger charge is 2.26. The highest BCUT2D eigenvalue weighted by atomic mass is 19.3. The Hall–Kier alpha value is -0.320. The highest BCUT2D eigenvalue weighted by molar-refractivity contribution is 4.59. The van der Waals surface area contributed by atoms with Crippen LogP contribution in [0.5, 0.6) is 0 Å². The fourth-order valence-corrected chi connectivity index (χ4v) is 0.409. The third kappa shape index (κ3) is 9.68. The van der Waals surface area contributed by atoms with Crippen LogP contribution >= 0.6 is 0 Å². The molecule has 0 bridgehead atoms. The number of hydrogen-bond acceptors (Lipinski definition) is 1. The summed E-state index contributed by atoms with van der Waals surface area (Å²) in [6, 6.07) is 0. The zero-order chi connectivity index (χ0) is 9.12. The molecule has 0 atom stereocenters. The van der Waals surface area contributed by atoms with Crippen LogP contribution < -0.4 is 0 Å². The minimum Gasteiger partial charge on any atom is -0.369 e. The summed E-state index contributed by atoms with van der Waals surface area (Å²) < 4.78 is 51.8. The summed E-state index contributed by atoms with van der Waals surface area (Å²) in [5.41, 5.74) is 0.